The molecule has 0 amide bonds. The molecule has 156 valence electrons. The van der Waals surface area contributed by atoms with E-state index in [9.17, 15) is 0 Å². The van der Waals surface area contributed by atoms with Crippen LogP contribution in [0, 0.1) is 6.85 Å². The lowest BCUT2D eigenvalue weighted by atomic mass is 9.92. The molecule has 0 aliphatic heterocycles. The van der Waals surface area contributed by atoms with Gasteiger partial charge in [-0.2, -0.15) is 0 Å². The van der Waals surface area contributed by atoms with Crippen molar-refractivity contribution in [2.24, 2.45) is 0 Å². The van der Waals surface area contributed by atoms with Crippen molar-refractivity contribution in [1.29, 1.82) is 0 Å². The Hall–Kier alpha value is -3.33. The molecule has 31 heavy (non-hydrogen) atoms. The molecule has 5 rings (SSSR count). The van der Waals surface area contributed by atoms with E-state index in [1.165, 1.54) is 11.1 Å². The second-order valence-corrected chi connectivity index (χ2v) is 8.71. The summed E-state index contributed by atoms with van der Waals surface area (Å²) in [7, 11) is 0. The maximum Gasteiger partial charge on any atom is 0.149 e. The Balaban J connectivity index is 1.90. The molecular formula is C28H28N2O. The van der Waals surface area contributed by atoms with Crippen LogP contribution in [0.4, 0.5) is 0 Å². The third-order valence-corrected chi connectivity index (χ3v) is 5.94. The molecule has 0 fully saturated rings. The Labute approximate surface area is 187 Å². The molecule has 2 aromatic heterocycles. The van der Waals surface area contributed by atoms with Gasteiger partial charge < -0.3 is 4.42 Å². The van der Waals surface area contributed by atoms with E-state index in [0.717, 1.165) is 33.5 Å². The summed E-state index contributed by atoms with van der Waals surface area (Å²) in [5, 5.41) is 0.748. The number of nitrogens with zero attached hydrogens (tertiary/aromatic N) is 2. The number of furan rings is 1. The molecule has 3 nitrogen and oxygen atoms in total. The van der Waals surface area contributed by atoms with Crippen molar-refractivity contribution < 1.29 is 8.53 Å². The van der Waals surface area contributed by atoms with Crippen molar-refractivity contribution in [1.82, 2.24) is 9.55 Å². The molecule has 0 atom stereocenters. The molecule has 3 aromatic carbocycles. The summed E-state index contributed by atoms with van der Waals surface area (Å²) in [5.41, 5.74) is 7.22. The third-order valence-electron chi connectivity index (χ3n) is 5.94. The first kappa shape index (κ1) is 16.4. The molecule has 2 heterocycles. The maximum atomic E-state index is 7.87. The van der Waals surface area contributed by atoms with E-state index in [-0.39, 0.29) is 5.56 Å². The van der Waals surface area contributed by atoms with Crippen LogP contribution in [-0.4, -0.2) is 9.55 Å². The third kappa shape index (κ3) is 3.16. The minimum absolute atomic E-state index is 0.288. The average Bonchev–Trinajstić information content (AvgIpc) is 3.38. The number of hydrogen-bond donors (Lipinski definition) is 0. The van der Waals surface area contributed by atoms with E-state index >= 15 is 0 Å². The minimum Gasteiger partial charge on any atom is -0.464 e. The zero-order valence-corrected chi connectivity index (χ0v) is 18.3. The van der Waals surface area contributed by atoms with Crippen LogP contribution in [0.2, 0.25) is 0 Å². The second kappa shape index (κ2) is 7.42. The smallest absolute Gasteiger partial charge is 0.149 e. The van der Waals surface area contributed by atoms with Crippen LogP contribution in [0.3, 0.4) is 0 Å². The van der Waals surface area contributed by atoms with Crippen molar-refractivity contribution in [3.05, 3.63) is 83.6 Å². The largest absolute Gasteiger partial charge is 0.464 e. The van der Waals surface area contributed by atoms with Gasteiger partial charge in [0, 0.05) is 9.50 Å². The van der Waals surface area contributed by atoms with Gasteiger partial charge in [0.15, 0.2) is 0 Å². The maximum absolute atomic E-state index is 7.87. The molecule has 0 aliphatic carbocycles. The van der Waals surface area contributed by atoms with Gasteiger partial charge in [-0.3, -0.25) is 4.57 Å². The first-order valence-corrected chi connectivity index (χ1v) is 10.8. The van der Waals surface area contributed by atoms with Crippen LogP contribution in [0.15, 0.2) is 71.3 Å². The normalized spacial score (nSPS) is 13.8. The standard InChI is InChI=1S/C28H28N2O/c1-17(2)20-9-8-10-21(18(3)4)27(20)30-25-12-7-6-11-24(25)29-28(30)23-16-31-26-14-13-19(5)15-22(23)26/h6-18H,1-5H3/i5D3. The van der Waals surface area contributed by atoms with Crippen LogP contribution in [0.25, 0.3) is 39.1 Å². The van der Waals surface area contributed by atoms with Gasteiger partial charge in [0.25, 0.3) is 0 Å². The van der Waals surface area contributed by atoms with Crippen molar-refractivity contribution in [2.45, 2.75) is 46.4 Å². The first-order chi connectivity index (χ1) is 16.2. The van der Waals surface area contributed by atoms with Gasteiger partial charge in [0.1, 0.15) is 17.7 Å². The molecule has 0 N–H and O–H groups in total. The van der Waals surface area contributed by atoms with Gasteiger partial charge in [0.2, 0.25) is 0 Å². The average molecular weight is 412 g/mol. The van der Waals surface area contributed by atoms with Gasteiger partial charge >= 0.3 is 0 Å². The van der Waals surface area contributed by atoms with Crippen molar-refractivity contribution >= 4 is 22.0 Å². The highest BCUT2D eigenvalue weighted by Crippen LogP contribution is 2.39. The molecule has 0 unspecified atom stereocenters. The lowest BCUT2D eigenvalue weighted by molar-refractivity contribution is 0.616. The number of para-hydroxylation sites is 3. The van der Waals surface area contributed by atoms with Crippen LogP contribution < -0.4 is 0 Å². The Morgan fingerprint density at radius 2 is 1.65 bits per heavy atom. The van der Waals surface area contributed by atoms with E-state index in [2.05, 4.69) is 56.5 Å². The van der Waals surface area contributed by atoms with E-state index in [4.69, 9.17) is 13.5 Å². The van der Waals surface area contributed by atoms with Crippen LogP contribution in [0.5, 0.6) is 0 Å². The zero-order chi connectivity index (χ0) is 24.2. The van der Waals surface area contributed by atoms with Crippen LogP contribution in [-0.2, 0) is 0 Å². The van der Waals surface area contributed by atoms with Gasteiger partial charge in [-0.05, 0) is 54.1 Å². The fourth-order valence-electron chi connectivity index (χ4n) is 4.41. The van der Waals surface area contributed by atoms with Crippen LogP contribution >= 0.6 is 0 Å². The highest BCUT2D eigenvalue weighted by molar-refractivity contribution is 5.96. The fourth-order valence-corrected chi connectivity index (χ4v) is 4.41. The predicted octanol–water partition coefficient (Wildman–Crippen LogP) is 7.99. The highest BCUT2D eigenvalue weighted by atomic mass is 16.3. The Bertz CT molecular complexity index is 1480. The summed E-state index contributed by atoms with van der Waals surface area (Å²) in [6, 6.07) is 19.7. The van der Waals surface area contributed by atoms with Crippen molar-refractivity contribution in [3.63, 3.8) is 0 Å². The number of aromatic nitrogens is 2. The summed E-state index contributed by atoms with van der Waals surface area (Å²) in [4.78, 5) is 5.04. The number of hydrogen-bond acceptors (Lipinski definition) is 2. The lowest BCUT2D eigenvalue weighted by Crippen LogP contribution is -2.08. The number of benzene rings is 3. The molecule has 0 radical (unpaired) electrons. The molecular weight excluding hydrogens is 380 g/mol. The summed E-state index contributed by atoms with van der Waals surface area (Å²) in [6.07, 6.45) is 1.69. The van der Waals surface area contributed by atoms with Crippen molar-refractivity contribution in [2.75, 3.05) is 0 Å². The number of fused-ring (bicyclic) bond motifs is 2. The fraction of sp³-hybridized carbons (Fsp3) is 0.250. The zero-order valence-electron chi connectivity index (χ0n) is 21.3. The van der Waals surface area contributed by atoms with Crippen LogP contribution in [0.1, 0.15) is 60.3 Å². The second-order valence-electron chi connectivity index (χ2n) is 8.71. The van der Waals surface area contributed by atoms with Gasteiger partial charge in [-0.25, -0.2) is 4.98 Å². The Morgan fingerprint density at radius 1 is 0.903 bits per heavy atom. The topological polar surface area (TPSA) is 31.0 Å². The Morgan fingerprint density at radius 3 is 2.35 bits per heavy atom. The molecule has 0 spiro atoms. The van der Waals surface area contributed by atoms with E-state index in [1.54, 1.807) is 24.5 Å². The van der Waals surface area contributed by atoms with E-state index < -0.39 is 6.85 Å². The lowest BCUT2D eigenvalue weighted by Gasteiger charge is -2.22. The van der Waals surface area contributed by atoms with Crippen molar-refractivity contribution in [3.8, 4) is 17.1 Å². The van der Waals surface area contributed by atoms with Gasteiger partial charge in [-0.1, -0.05) is 69.7 Å². The molecule has 3 heteroatoms. The first-order valence-electron chi connectivity index (χ1n) is 12.3. The summed E-state index contributed by atoms with van der Waals surface area (Å²) in [5.74, 6) is 1.37. The quantitative estimate of drug-likeness (QED) is 0.300. The summed E-state index contributed by atoms with van der Waals surface area (Å²) >= 11 is 0. The molecule has 0 saturated carbocycles. The number of rotatable bonds is 4. The number of imidazole rings is 1. The SMILES string of the molecule is [2H]C([2H])([2H])c1ccc2occ(-c3nc4ccccc4n3-c3c(C(C)C)cccc3C(C)C)c2c1. The van der Waals surface area contributed by atoms with Gasteiger partial charge in [-0.15, -0.1) is 0 Å². The molecule has 0 saturated heterocycles. The summed E-state index contributed by atoms with van der Waals surface area (Å²) in [6.45, 7) is 6.63. The Kier molecular flexibility index (Phi) is 3.92. The summed E-state index contributed by atoms with van der Waals surface area (Å²) < 4.78 is 31.7. The predicted molar refractivity (Wildman–Crippen MR) is 129 cm³/mol. The monoisotopic (exact) mass is 411 g/mol. The molecule has 0 aliphatic rings. The molecule has 0 bridgehead atoms. The highest BCUT2D eigenvalue weighted by Gasteiger charge is 2.23. The minimum atomic E-state index is -2.20. The molecule has 5 aromatic rings. The number of aryl methyl sites for hydroxylation is 1. The van der Waals surface area contributed by atoms with E-state index in [0.29, 0.717) is 17.4 Å². The van der Waals surface area contributed by atoms with Gasteiger partial charge in [0.05, 0.1) is 22.3 Å². The van der Waals surface area contributed by atoms with E-state index in [1.807, 2.05) is 18.2 Å².